The fraction of sp³-hybridized carbons (Fsp3) is 1.00. The lowest BCUT2D eigenvalue weighted by molar-refractivity contribution is 0.0416. The van der Waals surface area contributed by atoms with E-state index < -0.39 is 0 Å². The van der Waals surface area contributed by atoms with Crippen LogP contribution in [-0.2, 0) is 4.74 Å². The molecule has 1 unspecified atom stereocenters. The van der Waals surface area contributed by atoms with Gasteiger partial charge in [0.1, 0.15) is 0 Å². The van der Waals surface area contributed by atoms with Crippen LogP contribution in [0.3, 0.4) is 0 Å². The average molecular weight is 214 g/mol. The summed E-state index contributed by atoms with van der Waals surface area (Å²) in [5, 5.41) is 0. The van der Waals surface area contributed by atoms with Gasteiger partial charge in [-0.3, -0.25) is 4.90 Å². The highest BCUT2D eigenvalue weighted by Crippen LogP contribution is 2.31. The Labute approximate surface area is 94.0 Å². The molecule has 3 nitrogen and oxygen atoms in total. The molecule has 90 valence electrons. The predicted molar refractivity (Wildman–Crippen MR) is 63.9 cm³/mol. The summed E-state index contributed by atoms with van der Waals surface area (Å²) in [7, 11) is 2.17. The molecule has 3 heteroatoms. The molecular formula is C12H26N2O. The Morgan fingerprint density at radius 3 is 2.47 bits per heavy atom. The average Bonchev–Trinajstić information content (AvgIpc) is 2.09. The van der Waals surface area contributed by atoms with Crippen LogP contribution < -0.4 is 5.73 Å². The monoisotopic (exact) mass is 214 g/mol. The van der Waals surface area contributed by atoms with E-state index in [0.717, 1.165) is 25.6 Å². The van der Waals surface area contributed by atoms with Gasteiger partial charge in [0.25, 0.3) is 0 Å². The minimum atomic E-state index is 0.332. The molecule has 0 radical (unpaired) electrons. The van der Waals surface area contributed by atoms with E-state index in [9.17, 15) is 0 Å². The number of ether oxygens (including phenoxy) is 1. The third-order valence-electron chi connectivity index (χ3n) is 3.40. The van der Waals surface area contributed by atoms with E-state index in [0.29, 0.717) is 12.1 Å². The fourth-order valence-electron chi connectivity index (χ4n) is 2.16. The topological polar surface area (TPSA) is 38.5 Å². The molecule has 0 aromatic rings. The maximum Gasteiger partial charge on any atom is 0.0596 e. The van der Waals surface area contributed by atoms with Crippen LogP contribution in [0, 0.1) is 5.92 Å². The molecule has 1 aliphatic rings. The molecule has 0 saturated heterocycles. The highest BCUT2D eigenvalue weighted by molar-refractivity contribution is 4.84. The van der Waals surface area contributed by atoms with Crippen molar-refractivity contribution in [2.75, 3.05) is 26.7 Å². The van der Waals surface area contributed by atoms with Crippen LogP contribution in [-0.4, -0.2) is 43.8 Å². The minimum absolute atomic E-state index is 0.332. The molecule has 0 aromatic heterocycles. The van der Waals surface area contributed by atoms with Crippen LogP contribution in [0.1, 0.15) is 33.1 Å². The van der Waals surface area contributed by atoms with E-state index in [1.54, 1.807) is 0 Å². The molecule has 0 aliphatic heterocycles. The molecule has 1 aliphatic carbocycles. The van der Waals surface area contributed by atoms with Crippen LogP contribution in [0.25, 0.3) is 0 Å². The summed E-state index contributed by atoms with van der Waals surface area (Å²) in [6.45, 7) is 6.75. The van der Waals surface area contributed by atoms with Gasteiger partial charge in [-0.05, 0) is 39.7 Å². The Hall–Kier alpha value is -0.120. The zero-order valence-electron chi connectivity index (χ0n) is 10.4. The number of nitrogens with two attached hydrogens (primary N) is 1. The summed E-state index contributed by atoms with van der Waals surface area (Å²) in [4.78, 5) is 2.37. The summed E-state index contributed by atoms with van der Waals surface area (Å²) in [6.07, 6.45) is 4.44. The zero-order valence-corrected chi connectivity index (χ0v) is 10.4. The lowest BCUT2D eigenvalue weighted by atomic mass is 9.79. The van der Waals surface area contributed by atoms with Gasteiger partial charge in [0, 0.05) is 19.1 Å². The second-order valence-electron chi connectivity index (χ2n) is 4.89. The molecule has 1 atom stereocenters. The van der Waals surface area contributed by atoms with Crippen LogP contribution in [0.2, 0.25) is 0 Å². The van der Waals surface area contributed by atoms with Gasteiger partial charge in [-0.1, -0.05) is 6.42 Å². The van der Waals surface area contributed by atoms with Crippen molar-refractivity contribution in [1.82, 2.24) is 4.90 Å². The van der Waals surface area contributed by atoms with E-state index in [2.05, 4.69) is 25.8 Å². The minimum Gasteiger partial charge on any atom is -0.377 e. The summed E-state index contributed by atoms with van der Waals surface area (Å²) in [5.74, 6) is 0.832. The number of hydrogen-bond acceptors (Lipinski definition) is 3. The van der Waals surface area contributed by atoms with Crippen molar-refractivity contribution in [1.29, 1.82) is 0 Å². The molecule has 2 N–H and O–H groups in total. The Morgan fingerprint density at radius 2 is 2.07 bits per heavy atom. The van der Waals surface area contributed by atoms with Gasteiger partial charge in [-0.2, -0.15) is 0 Å². The number of hydrogen-bond donors (Lipinski definition) is 1. The number of rotatable bonds is 7. The molecule has 0 amide bonds. The van der Waals surface area contributed by atoms with Crippen LogP contribution in [0.4, 0.5) is 0 Å². The van der Waals surface area contributed by atoms with Gasteiger partial charge in [-0.15, -0.1) is 0 Å². The van der Waals surface area contributed by atoms with E-state index in [1.807, 2.05) is 0 Å². The summed E-state index contributed by atoms with van der Waals surface area (Å²) < 4.78 is 5.56. The molecule has 1 saturated carbocycles. The van der Waals surface area contributed by atoms with E-state index in [4.69, 9.17) is 10.5 Å². The number of nitrogens with zero attached hydrogens (tertiary/aromatic N) is 1. The Bertz CT molecular complexity index is 169. The highest BCUT2D eigenvalue weighted by Gasteiger charge is 2.28. The Kier molecular flexibility index (Phi) is 5.58. The Balaban J connectivity index is 2.20. The standard InChI is InChI=1S/C12H26N2O/c1-10(2)15-8-7-14(3)12(9-13)11-5-4-6-11/h10-12H,4-9,13H2,1-3H3. The molecule has 0 aromatic carbocycles. The van der Waals surface area contributed by atoms with Gasteiger partial charge < -0.3 is 10.5 Å². The van der Waals surface area contributed by atoms with E-state index >= 15 is 0 Å². The van der Waals surface area contributed by atoms with Crippen molar-refractivity contribution in [2.45, 2.75) is 45.3 Å². The van der Waals surface area contributed by atoms with Crippen molar-refractivity contribution >= 4 is 0 Å². The second kappa shape index (κ2) is 6.46. The quantitative estimate of drug-likeness (QED) is 0.697. The molecular weight excluding hydrogens is 188 g/mol. The normalized spacial score (nSPS) is 19.6. The third-order valence-corrected chi connectivity index (χ3v) is 3.40. The summed E-state index contributed by atoms with van der Waals surface area (Å²) in [6, 6.07) is 0.564. The van der Waals surface area contributed by atoms with Crippen molar-refractivity contribution in [3.8, 4) is 0 Å². The van der Waals surface area contributed by atoms with Gasteiger partial charge in [0.05, 0.1) is 12.7 Å². The first-order valence-electron chi connectivity index (χ1n) is 6.17. The molecule has 0 heterocycles. The van der Waals surface area contributed by atoms with Crippen molar-refractivity contribution in [3.05, 3.63) is 0 Å². The van der Waals surface area contributed by atoms with Gasteiger partial charge in [0.2, 0.25) is 0 Å². The number of likely N-dealkylation sites (N-methyl/N-ethyl adjacent to an activating group) is 1. The largest absolute Gasteiger partial charge is 0.377 e. The van der Waals surface area contributed by atoms with Crippen LogP contribution in [0.5, 0.6) is 0 Å². The zero-order chi connectivity index (χ0) is 11.3. The molecule has 15 heavy (non-hydrogen) atoms. The molecule has 1 fully saturated rings. The van der Waals surface area contributed by atoms with Crippen molar-refractivity contribution in [2.24, 2.45) is 11.7 Å². The Morgan fingerprint density at radius 1 is 1.40 bits per heavy atom. The van der Waals surface area contributed by atoms with Crippen LogP contribution in [0.15, 0.2) is 0 Å². The van der Waals surface area contributed by atoms with E-state index in [1.165, 1.54) is 19.3 Å². The van der Waals surface area contributed by atoms with Gasteiger partial charge >= 0.3 is 0 Å². The predicted octanol–water partition coefficient (Wildman–Crippen LogP) is 1.47. The highest BCUT2D eigenvalue weighted by atomic mass is 16.5. The third kappa shape index (κ3) is 4.09. The van der Waals surface area contributed by atoms with Crippen molar-refractivity contribution < 1.29 is 4.74 Å². The lowest BCUT2D eigenvalue weighted by Crippen LogP contribution is -2.47. The molecule has 1 rings (SSSR count). The van der Waals surface area contributed by atoms with Crippen molar-refractivity contribution in [3.63, 3.8) is 0 Å². The summed E-state index contributed by atoms with van der Waals surface area (Å²) in [5.41, 5.74) is 5.83. The van der Waals surface area contributed by atoms with Gasteiger partial charge in [0.15, 0.2) is 0 Å². The first-order chi connectivity index (χ1) is 7.15. The molecule has 0 bridgehead atoms. The first-order valence-corrected chi connectivity index (χ1v) is 6.17. The smallest absolute Gasteiger partial charge is 0.0596 e. The lowest BCUT2D eigenvalue weighted by Gasteiger charge is -2.38. The van der Waals surface area contributed by atoms with E-state index in [-0.39, 0.29) is 0 Å². The maximum absolute atomic E-state index is 5.83. The SMILES string of the molecule is CC(C)OCCN(C)C(CN)C1CCC1. The van der Waals surface area contributed by atoms with Crippen LogP contribution >= 0.6 is 0 Å². The summed E-state index contributed by atoms with van der Waals surface area (Å²) >= 11 is 0. The molecule has 0 spiro atoms. The first kappa shape index (κ1) is 12.9. The second-order valence-corrected chi connectivity index (χ2v) is 4.89. The van der Waals surface area contributed by atoms with Gasteiger partial charge in [-0.25, -0.2) is 0 Å². The fourth-order valence-corrected chi connectivity index (χ4v) is 2.16. The maximum atomic E-state index is 5.83.